The number of aliphatic hydroxyl groups excluding tert-OH is 1. The average molecular weight is 237 g/mol. The molecule has 0 amide bonds. The van der Waals surface area contributed by atoms with E-state index in [2.05, 4.69) is 0 Å². The number of thioether (sulfide) groups is 1. The second kappa shape index (κ2) is 5.60. The number of rotatable bonds is 2. The number of anilines is 1. The van der Waals surface area contributed by atoms with Crippen LogP contribution in [-0.2, 0) is 0 Å². The Bertz CT molecular complexity index is 342. The van der Waals surface area contributed by atoms with E-state index in [1.165, 1.54) is 12.8 Å². The van der Waals surface area contributed by atoms with Gasteiger partial charge in [0.05, 0.1) is 6.10 Å². The second-order valence-electron chi connectivity index (χ2n) is 4.40. The molecule has 0 saturated heterocycles. The number of nitrogen functional groups attached to an aromatic ring is 1. The van der Waals surface area contributed by atoms with E-state index in [1.807, 2.05) is 24.3 Å². The van der Waals surface area contributed by atoms with Gasteiger partial charge in [0.25, 0.3) is 0 Å². The van der Waals surface area contributed by atoms with Crippen LogP contribution < -0.4 is 5.73 Å². The molecule has 1 aliphatic carbocycles. The Hall–Kier alpha value is -0.670. The maximum absolute atomic E-state index is 10.0. The van der Waals surface area contributed by atoms with Gasteiger partial charge in [0.1, 0.15) is 0 Å². The molecule has 0 aliphatic heterocycles. The molecule has 2 atom stereocenters. The molecule has 0 radical (unpaired) electrons. The van der Waals surface area contributed by atoms with Crippen LogP contribution in [0.5, 0.6) is 0 Å². The van der Waals surface area contributed by atoms with E-state index < -0.39 is 0 Å². The van der Waals surface area contributed by atoms with Crippen LogP contribution in [0.15, 0.2) is 29.2 Å². The fourth-order valence-electron chi connectivity index (χ4n) is 2.14. The Morgan fingerprint density at radius 1 is 1.12 bits per heavy atom. The van der Waals surface area contributed by atoms with Gasteiger partial charge in [0, 0.05) is 15.8 Å². The third-order valence-corrected chi connectivity index (χ3v) is 4.59. The van der Waals surface area contributed by atoms with E-state index >= 15 is 0 Å². The first-order valence-corrected chi connectivity index (χ1v) is 6.84. The molecule has 3 heteroatoms. The van der Waals surface area contributed by atoms with Crippen molar-refractivity contribution < 1.29 is 5.11 Å². The van der Waals surface area contributed by atoms with E-state index in [9.17, 15) is 5.11 Å². The van der Waals surface area contributed by atoms with E-state index in [0.29, 0.717) is 5.25 Å². The summed E-state index contributed by atoms with van der Waals surface area (Å²) < 4.78 is 0. The molecular weight excluding hydrogens is 218 g/mol. The Labute approximate surface area is 101 Å². The quantitative estimate of drug-likeness (QED) is 0.614. The van der Waals surface area contributed by atoms with Gasteiger partial charge in [-0.05, 0) is 25.0 Å². The number of para-hydroxylation sites is 1. The molecule has 0 aromatic heterocycles. The fraction of sp³-hybridized carbons (Fsp3) is 0.538. The number of hydrogen-bond acceptors (Lipinski definition) is 3. The molecular formula is C13H19NOS. The lowest BCUT2D eigenvalue weighted by Crippen LogP contribution is -2.21. The summed E-state index contributed by atoms with van der Waals surface area (Å²) >= 11 is 1.74. The van der Waals surface area contributed by atoms with Crippen molar-refractivity contribution in [2.45, 2.75) is 48.4 Å². The second-order valence-corrected chi connectivity index (χ2v) is 5.68. The lowest BCUT2D eigenvalue weighted by Gasteiger charge is -2.20. The zero-order valence-corrected chi connectivity index (χ0v) is 10.2. The van der Waals surface area contributed by atoms with Gasteiger partial charge in [0.2, 0.25) is 0 Å². The molecule has 0 spiro atoms. The standard InChI is InChI=1S/C13H19NOS/c14-10-6-4-5-8-12(10)16-13-9-3-1-2-7-11(13)15/h4-6,8,11,13,15H,1-3,7,9,14H2. The smallest absolute Gasteiger partial charge is 0.0662 e. The molecule has 1 fully saturated rings. The highest BCUT2D eigenvalue weighted by molar-refractivity contribution is 8.00. The topological polar surface area (TPSA) is 46.2 Å². The van der Waals surface area contributed by atoms with E-state index in [-0.39, 0.29) is 6.10 Å². The predicted molar refractivity (Wildman–Crippen MR) is 69.6 cm³/mol. The van der Waals surface area contributed by atoms with Crippen molar-refractivity contribution in [3.05, 3.63) is 24.3 Å². The van der Waals surface area contributed by atoms with Gasteiger partial charge in [-0.3, -0.25) is 0 Å². The van der Waals surface area contributed by atoms with Crippen LogP contribution in [0.4, 0.5) is 5.69 Å². The highest BCUT2D eigenvalue weighted by atomic mass is 32.2. The minimum absolute atomic E-state index is 0.174. The summed E-state index contributed by atoms with van der Waals surface area (Å²) in [5.41, 5.74) is 6.74. The summed E-state index contributed by atoms with van der Waals surface area (Å²) in [4.78, 5) is 1.11. The van der Waals surface area contributed by atoms with Crippen LogP contribution in [0.3, 0.4) is 0 Å². The first-order chi connectivity index (χ1) is 7.77. The SMILES string of the molecule is Nc1ccccc1SC1CCCCCC1O. The normalized spacial score (nSPS) is 26.3. The molecule has 2 rings (SSSR count). The summed E-state index contributed by atoms with van der Waals surface area (Å²) in [6.45, 7) is 0. The van der Waals surface area contributed by atoms with Gasteiger partial charge in [-0.15, -0.1) is 11.8 Å². The third-order valence-electron chi connectivity index (χ3n) is 3.12. The van der Waals surface area contributed by atoms with E-state index in [0.717, 1.165) is 29.8 Å². The molecule has 2 nitrogen and oxygen atoms in total. The number of aliphatic hydroxyl groups is 1. The van der Waals surface area contributed by atoms with Crippen molar-refractivity contribution in [2.75, 3.05) is 5.73 Å². The van der Waals surface area contributed by atoms with Crippen LogP contribution in [0.25, 0.3) is 0 Å². The van der Waals surface area contributed by atoms with E-state index in [4.69, 9.17) is 5.73 Å². The number of benzene rings is 1. The third kappa shape index (κ3) is 2.92. The summed E-state index contributed by atoms with van der Waals surface area (Å²) in [7, 11) is 0. The molecule has 1 aliphatic rings. The Morgan fingerprint density at radius 3 is 2.69 bits per heavy atom. The van der Waals surface area contributed by atoms with Crippen LogP contribution in [0, 0.1) is 0 Å². The van der Waals surface area contributed by atoms with Crippen LogP contribution in [0.2, 0.25) is 0 Å². The van der Waals surface area contributed by atoms with Gasteiger partial charge in [-0.25, -0.2) is 0 Å². The molecule has 1 saturated carbocycles. The summed E-state index contributed by atoms with van der Waals surface area (Å²) in [6, 6.07) is 7.91. The average Bonchev–Trinajstić information content (AvgIpc) is 2.48. The van der Waals surface area contributed by atoms with Gasteiger partial charge >= 0.3 is 0 Å². The Kier molecular flexibility index (Phi) is 4.13. The molecule has 1 aromatic rings. The van der Waals surface area contributed by atoms with Crippen molar-refractivity contribution in [3.63, 3.8) is 0 Å². The zero-order chi connectivity index (χ0) is 11.4. The number of nitrogens with two attached hydrogens (primary N) is 1. The monoisotopic (exact) mass is 237 g/mol. The Morgan fingerprint density at radius 2 is 1.88 bits per heavy atom. The molecule has 16 heavy (non-hydrogen) atoms. The largest absolute Gasteiger partial charge is 0.398 e. The zero-order valence-electron chi connectivity index (χ0n) is 9.43. The van der Waals surface area contributed by atoms with Crippen molar-refractivity contribution in [3.8, 4) is 0 Å². The molecule has 2 unspecified atom stereocenters. The van der Waals surface area contributed by atoms with Crippen molar-refractivity contribution in [2.24, 2.45) is 0 Å². The highest BCUT2D eigenvalue weighted by Gasteiger charge is 2.22. The molecule has 0 bridgehead atoms. The molecule has 88 valence electrons. The summed E-state index contributed by atoms with van der Waals surface area (Å²) in [5.74, 6) is 0. The molecule has 1 aromatic carbocycles. The summed E-state index contributed by atoms with van der Waals surface area (Å²) in [6.07, 6.45) is 5.49. The lowest BCUT2D eigenvalue weighted by molar-refractivity contribution is 0.163. The number of hydrogen-bond donors (Lipinski definition) is 2. The minimum Gasteiger partial charge on any atom is -0.398 e. The van der Waals surface area contributed by atoms with Gasteiger partial charge < -0.3 is 10.8 Å². The van der Waals surface area contributed by atoms with Crippen LogP contribution in [0.1, 0.15) is 32.1 Å². The van der Waals surface area contributed by atoms with Crippen molar-refractivity contribution in [1.82, 2.24) is 0 Å². The molecule has 3 N–H and O–H groups in total. The van der Waals surface area contributed by atoms with Crippen molar-refractivity contribution >= 4 is 17.4 Å². The predicted octanol–water partition coefficient (Wildman–Crippen LogP) is 3.05. The first kappa shape index (κ1) is 11.8. The Balaban J connectivity index is 2.05. The van der Waals surface area contributed by atoms with Gasteiger partial charge in [-0.1, -0.05) is 31.4 Å². The van der Waals surface area contributed by atoms with Gasteiger partial charge in [0.15, 0.2) is 0 Å². The fourth-order valence-corrected chi connectivity index (χ4v) is 3.41. The van der Waals surface area contributed by atoms with Crippen LogP contribution in [-0.4, -0.2) is 16.5 Å². The lowest BCUT2D eigenvalue weighted by atomic mass is 10.1. The maximum Gasteiger partial charge on any atom is 0.0662 e. The van der Waals surface area contributed by atoms with E-state index in [1.54, 1.807) is 11.8 Å². The minimum atomic E-state index is -0.174. The van der Waals surface area contributed by atoms with Crippen LogP contribution >= 0.6 is 11.8 Å². The maximum atomic E-state index is 10.0. The molecule has 0 heterocycles. The van der Waals surface area contributed by atoms with Gasteiger partial charge in [-0.2, -0.15) is 0 Å². The highest BCUT2D eigenvalue weighted by Crippen LogP contribution is 2.35. The van der Waals surface area contributed by atoms with Crippen molar-refractivity contribution in [1.29, 1.82) is 0 Å². The summed E-state index contributed by atoms with van der Waals surface area (Å²) in [5, 5.41) is 10.4. The first-order valence-electron chi connectivity index (χ1n) is 5.96.